The summed E-state index contributed by atoms with van der Waals surface area (Å²) in [5.74, 6) is 0.938. The van der Waals surface area contributed by atoms with Gasteiger partial charge in [0, 0.05) is 31.0 Å². The Bertz CT molecular complexity index is 965. The molecule has 2 aromatic carbocycles. The first-order chi connectivity index (χ1) is 14.8. The van der Waals surface area contributed by atoms with Gasteiger partial charge in [0.05, 0.1) is 31.7 Å². The smallest absolute Gasteiger partial charge is 0.214 e. The Morgan fingerprint density at radius 3 is 2.16 bits per heavy atom. The highest BCUT2D eigenvalue weighted by Gasteiger charge is 2.36. The molecule has 0 unspecified atom stereocenters. The van der Waals surface area contributed by atoms with Crippen LogP contribution in [0.25, 0.3) is 0 Å². The molecule has 1 saturated heterocycles. The number of hydrogen-bond donors (Lipinski definition) is 1. The molecule has 1 aromatic heterocycles. The highest BCUT2D eigenvalue weighted by molar-refractivity contribution is 5.47. The lowest BCUT2D eigenvalue weighted by Gasteiger charge is -2.38. The van der Waals surface area contributed by atoms with Gasteiger partial charge in [0.15, 0.2) is 6.04 Å². The van der Waals surface area contributed by atoms with E-state index in [2.05, 4.69) is 115 Å². The minimum Gasteiger partial charge on any atom is -0.378 e. The molecular weight excluding hydrogens is 386 g/mol. The van der Waals surface area contributed by atoms with Gasteiger partial charge in [0.25, 0.3) is 0 Å². The number of nitrogens with zero attached hydrogens (tertiary/aromatic N) is 6. The van der Waals surface area contributed by atoms with Crippen LogP contribution in [0.1, 0.15) is 38.2 Å². The van der Waals surface area contributed by atoms with Gasteiger partial charge in [-0.25, -0.2) is 4.68 Å². The van der Waals surface area contributed by atoms with E-state index in [9.17, 15) is 0 Å². The molecule has 0 spiro atoms. The average molecular weight is 421 g/mol. The fraction of sp³-hybridized carbons (Fsp3) is 0.458. The Kier molecular flexibility index (Phi) is 5.96. The second kappa shape index (κ2) is 8.67. The zero-order valence-electron chi connectivity index (χ0n) is 19.3. The van der Waals surface area contributed by atoms with Crippen LogP contribution < -0.4 is 14.7 Å². The van der Waals surface area contributed by atoms with Gasteiger partial charge in [-0.1, -0.05) is 30.3 Å². The van der Waals surface area contributed by atoms with Crippen LogP contribution in [0.15, 0.2) is 54.6 Å². The fourth-order valence-electron chi connectivity index (χ4n) is 4.36. The van der Waals surface area contributed by atoms with Gasteiger partial charge < -0.3 is 14.7 Å². The molecule has 0 aliphatic carbocycles. The third-order valence-electron chi connectivity index (χ3n) is 6.07. The molecule has 4 rings (SSSR count). The van der Waals surface area contributed by atoms with Gasteiger partial charge in [-0.2, -0.15) is 0 Å². The molecule has 0 radical (unpaired) electrons. The van der Waals surface area contributed by atoms with Crippen molar-refractivity contribution >= 4 is 11.4 Å². The lowest BCUT2D eigenvalue weighted by molar-refractivity contribution is -0.927. The third kappa shape index (κ3) is 4.56. The van der Waals surface area contributed by atoms with Crippen molar-refractivity contribution < 1.29 is 4.90 Å². The SMILES string of the molecule is CN(C)c1ccc([C@@H](c2nnnn2C(C)(C)C)[NH+]2CCN(c3ccccc3)CC2)cc1. The molecule has 164 valence electrons. The molecule has 1 fully saturated rings. The Hall–Kier alpha value is -2.93. The van der Waals surface area contributed by atoms with E-state index >= 15 is 0 Å². The molecule has 1 N–H and O–H groups in total. The fourth-order valence-corrected chi connectivity index (χ4v) is 4.36. The Morgan fingerprint density at radius 1 is 0.935 bits per heavy atom. The molecule has 1 atom stereocenters. The molecule has 1 aliphatic rings. The van der Waals surface area contributed by atoms with E-state index in [1.807, 2.05) is 4.68 Å². The van der Waals surface area contributed by atoms with Gasteiger partial charge in [-0.15, -0.1) is 5.10 Å². The van der Waals surface area contributed by atoms with Crippen molar-refractivity contribution in [2.75, 3.05) is 50.1 Å². The second-order valence-electron chi connectivity index (χ2n) is 9.52. The van der Waals surface area contributed by atoms with Crippen LogP contribution >= 0.6 is 0 Å². The largest absolute Gasteiger partial charge is 0.378 e. The number of quaternary nitrogens is 1. The van der Waals surface area contributed by atoms with Crippen molar-refractivity contribution in [3.63, 3.8) is 0 Å². The normalized spacial score (nSPS) is 16.4. The van der Waals surface area contributed by atoms with Crippen molar-refractivity contribution in [2.45, 2.75) is 32.4 Å². The van der Waals surface area contributed by atoms with Crippen LogP contribution in [0.4, 0.5) is 11.4 Å². The number of anilines is 2. The number of tetrazole rings is 1. The van der Waals surface area contributed by atoms with Crippen molar-refractivity contribution in [3.8, 4) is 0 Å². The van der Waals surface area contributed by atoms with Gasteiger partial charge >= 0.3 is 0 Å². The maximum Gasteiger partial charge on any atom is 0.214 e. The molecule has 0 bridgehead atoms. The van der Waals surface area contributed by atoms with Gasteiger partial charge in [0.1, 0.15) is 0 Å². The van der Waals surface area contributed by atoms with E-state index in [1.54, 1.807) is 0 Å². The molecule has 3 aromatic rings. The highest BCUT2D eigenvalue weighted by atomic mass is 15.6. The summed E-state index contributed by atoms with van der Waals surface area (Å²) in [6.07, 6.45) is 0. The summed E-state index contributed by atoms with van der Waals surface area (Å²) in [5, 5.41) is 13.0. The summed E-state index contributed by atoms with van der Waals surface area (Å²) in [5.41, 5.74) is 3.58. The predicted molar refractivity (Wildman–Crippen MR) is 125 cm³/mol. The van der Waals surface area contributed by atoms with Gasteiger partial charge in [0.2, 0.25) is 5.82 Å². The second-order valence-corrected chi connectivity index (χ2v) is 9.52. The minimum atomic E-state index is -0.175. The molecule has 2 heterocycles. The minimum absolute atomic E-state index is 0.100. The van der Waals surface area contributed by atoms with Crippen LogP contribution in [-0.4, -0.2) is 60.5 Å². The molecule has 7 nitrogen and oxygen atoms in total. The van der Waals surface area contributed by atoms with Crippen LogP contribution in [0.3, 0.4) is 0 Å². The highest BCUT2D eigenvalue weighted by Crippen LogP contribution is 2.24. The molecule has 1 aliphatic heterocycles. The maximum atomic E-state index is 4.53. The first-order valence-corrected chi connectivity index (χ1v) is 11.1. The van der Waals surface area contributed by atoms with E-state index < -0.39 is 0 Å². The lowest BCUT2D eigenvalue weighted by Crippen LogP contribution is -3.15. The summed E-state index contributed by atoms with van der Waals surface area (Å²) >= 11 is 0. The predicted octanol–water partition coefficient (Wildman–Crippen LogP) is 1.99. The zero-order chi connectivity index (χ0) is 22.0. The van der Waals surface area contributed by atoms with Gasteiger partial charge in [-0.05, 0) is 55.5 Å². The van der Waals surface area contributed by atoms with E-state index in [4.69, 9.17) is 0 Å². The number of hydrogen-bond acceptors (Lipinski definition) is 5. The van der Waals surface area contributed by atoms with E-state index in [-0.39, 0.29) is 11.6 Å². The van der Waals surface area contributed by atoms with Crippen LogP contribution in [0, 0.1) is 0 Å². The van der Waals surface area contributed by atoms with Crippen LogP contribution in [-0.2, 0) is 5.54 Å². The number of rotatable bonds is 5. The quantitative estimate of drug-likeness (QED) is 0.684. The summed E-state index contributed by atoms with van der Waals surface area (Å²) in [6, 6.07) is 19.6. The summed E-state index contributed by atoms with van der Waals surface area (Å²) in [6.45, 7) is 10.6. The number of aromatic nitrogens is 4. The van der Waals surface area contributed by atoms with Crippen LogP contribution in [0.5, 0.6) is 0 Å². The number of piperazine rings is 1. The molecule has 0 saturated carbocycles. The summed E-state index contributed by atoms with van der Waals surface area (Å²) in [4.78, 5) is 6.11. The molecular formula is C24H34N7+. The molecule has 0 amide bonds. The van der Waals surface area contributed by atoms with E-state index in [0.29, 0.717) is 0 Å². The Morgan fingerprint density at radius 2 is 1.58 bits per heavy atom. The molecule has 7 heteroatoms. The summed E-state index contributed by atoms with van der Waals surface area (Å²) < 4.78 is 1.99. The molecule has 31 heavy (non-hydrogen) atoms. The zero-order valence-corrected chi connectivity index (χ0v) is 19.3. The van der Waals surface area contributed by atoms with E-state index in [0.717, 1.165) is 32.0 Å². The average Bonchev–Trinajstić information content (AvgIpc) is 3.25. The third-order valence-corrected chi connectivity index (χ3v) is 6.07. The first kappa shape index (κ1) is 21.3. The van der Waals surface area contributed by atoms with Gasteiger partial charge in [-0.3, -0.25) is 0 Å². The Balaban J connectivity index is 1.64. The monoisotopic (exact) mass is 420 g/mol. The van der Waals surface area contributed by atoms with Crippen molar-refractivity contribution in [1.82, 2.24) is 20.2 Å². The lowest BCUT2D eigenvalue weighted by atomic mass is 10.0. The topological polar surface area (TPSA) is 54.5 Å². The summed E-state index contributed by atoms with van der Waals surface area (Å²) in [7, 11) is 4.14. The first-order valence-electron chi connectivity index (χ1n) is 11.1. The Labute approximate surface area is 185 Å². The number of benzene rings is 2. The van der Waals surface area contributed by atoms with Crippen molar-refractivity contribution in [1.29, 1.82) is 0 Å². The van der Waals surface area contributed by atoms with Crippen LogP contribution in [0.2, 0.25) is 0 Å². The van der Waals surface area contributed by atoms with E-state index in [1.165, 1.54) is 21.8 Å². The standard InChI is InChI=1S/C24H33N7/c1-24(2,3)31-23(25-26-27-31)22(19-11-13-20(14-12-19)28(4)5)30-17-15-29(16-18-30)21-9-7-6-8-10-21/h6-14,22H,15-18H2,1-5H3/p+1/t22-/m0/s1. The van der Waals surface area contributed by atoms with Crippen molar-refractivity contribution in [3.05, 3.63) is 66.0 Å². The number of para-hydroxylation sites is 1. The number of nitrogens with one attached hydrogen (secondary N) is 1. The maximum absolute atomic E-state index is 4.53. The van der Waals surface area contributed by atoms with Crippen molar-refractivity contribution in [2.24, 2.45) is 0 Å².